The van der Waals surface area contributed by atoms with Gasteiger partial charge in [0.2, 0.25) is 5.88 Å². The van der Waals surface area contributed by atoms with Crippen molar-refractivity contribution in [2.75, 3.05) is 12.0 Å². The molecule has 1 aromatic heterocycles. The third kappa shape index (κ3) is 6.23. The smallest absolute Gasteiger partial charge is 0.389 e. The van der Waals surface area contributed by atoms with Crippen LogP contribution in [-0.2, 0) is 6.42 Å². The molecular formula is C11H17F3N4O. The van der Waals surface area contributed by atoms with E-state index in [0.29, 0.717) is 18.1 Å². The van der Waals surface area contributed by atoms with Crippen LogP contribution in [0, 0.1) is 0 Å². The Morgan fingerprint density at radius 3 is 2.68 bits per heavy atom. The molecule has 19 heavy (non-hydrogen) atoms. The van der Waals surface area contributed by atoms with E-state index in [1.165, 1.54) is 6.07 Å². The van der Waals surface area contributed by atoms with E-state index in [9.17, 15) is 13.2 Å². The van der Waals surface area contributed by atoms with Gasteiger partial charge in [0, 0.05) is 18.9 Å². The zero-order valence-corrected chi connectivity index (χ0v) is 10.6. The number of nitrogens with one attached hydrogen (secondary N) is 1. The van der Waals surface area contributed by atoms with Crippen molar-refractivity contribution >= 4 is 5.82 Å². The summed E-state index contributed by atoms with van der Waals surface area (Å²) in [5.41, 5.74) is 2.37. The number of hydrogen-bond acceptors (Lipinski definition) is 5. The molecule has 0 saturated heterocycles. The maximum Gasteiger partial charge on any atom is 0.389 e. The number of ether oxygens (including phenoxy) is 1. The average Bonchev–Trinajstić information content (AvgIpc) is 2.34. The number of rotatable bonds is 7. The lowest BCUT2D eigenvalue weighted by Gasteiger charge is -2.09. The van der Waals surface area contributed by atoms with E-state index in [-0.39, 0.29) is 18.9 Å². The zero-order valence-electron chi connectivity index (χ0n) is 10.6. The number of aromatic nitrogens is 2. The summed E-state index contributed by atoms with van der Waals surface area (Å²) in [6.07, 6.45) is -3.65. The first-order valence-electron chi connectivity index (χ1n) is 5.98. The Balaban J connectivity index is 2.54. The van der Waals surface area contributed by atoms with Crippen LogP contribution in [0.4, 0.5) is 19.0 Å². The van der Waals surface area contributed by atoms with Gasteiger partial charge >= 0.3 is 6.18 Å². The quantitative estimate of drug-likeness (QED) is 0.455. The van der Waals surface area contributed by atoms with Crippen molar-refractivity contribution in [3.05, 3.63) is 11.9 Å². The van der Waals surface area contributed by atoms with E-state index in [4.69, 9.17) is 10.6 Å². The Morgan fingerprint density at radius 1 is 1.37 bits per heavy atom. The highest BCUT2D eigenvalue weighted by molar-refractivity contribution is 5.36. The second-order valence-electron chi connectivity index (χ2n) is 3.97. The Labute approximate surface area is 109 Å². The molecule has 0 bridgehead atoms. The first kappa shape index (κ1) is 15.5. The Hall–Kier alpha value is -1.57. The summed E-state index contributed by atoms with van der Waals surface area (Å²) < 4.78 is 41.1. The van der Waals surface area contributed by atoms with Crippen LogP contribution in [0.25, 0.3) is 0 Å². The largest absolute Gasteiger partial charge is 0.478 e. The van der Waals surface area contributed by atoms with Crippen molar-refractivity contribution in [1.29, 1.82) is 0 Å². The van der Waals surface area contributed by atoms with Crippen LogP contribution >= 0.6 is 0 Å². The van der Waals surface area contributed by atoms with Gasteiger partial charge in [-0.05, 0) is 12.8 Å². The number of nitrogen functional groups attached to an aromatic ring is 1. The monoisotopic (exact) mass is 278 g/mol. The molecular weight excluding hydrogens is 261 g/mol. The number of nitrogens with zero attached hydrogens (tertiary/aromatic N) is 2. The van der Waals surface area contributed by atoms with Crippen LogP contribution in [0.15, 0.2) is 6.07 Å². The minimum Gasteiger partial charge on any atom is -0.478 e. The van der Waals surface area contributed by atoms with Crippen LogP contribution in [0.1, 0.15) is 32.0 Å². The van der Waals surface area contributed by atoms with E-state index >= 15 is 0 Å². The number of aryl methyl sites for hydroxylation is 1. The summed E-state index contributed by atoms with van der Waals surface area (Å²) in [6, 6.07) is 1.45. The standard InChI is InChI=1S/C11H17F3N4O/c1-2-4-8-16-9(18-15)7-10(17-8)19-6-3-5-11(12,13)14/h7H,2-6,15H2,1H3,(H,16,17,18). The van der Waals surface area contributed by atoms with Gasteiger partial charge in [-0.1, -0.05) is 6.92 Å². The van der Waals surface area contributed by atoms with Gasteiger partial charge in [-0.2, -0.15) is 18.2 Å². The van der Waals surface area contributed by atoms with E-state index in [1.807, 2.05) is 6.92 Å². The van der Waals surface area contributed by atoms with E-state index in [1.54, 1.807) is 0 Å². The van der Waals surface area contributed by atoms with Crippen molar-refractivity contribution in [3.8, 4) is 5.88 Å². The second kappa shape index (κ2) is 7.13. The Morgan fingerprint density at radius 2 is 2.11 bits per heavy atom. The first-order chi connectivity index (χ1) is 8.94. The normalized spacial score (nSPS) is 11.4. The molecule has 0 aromatic carbocycles. The molecule has 1 rings (SSSR count). The summed E-state index contributed by atoms with van der Waals surface area (Å²) >= 11 is 0. The molecule has 0 spiro atoms. The highest BCUT2D eigenvalue weighted by Gasteiger charge is 2.26. The van der Waals surface area contributed by atoms with E-state index in [0.717, 1.165) is 6.42 Å². The molecule has 0 aliphatic heterocycles. The van der Waals surface area contributed by atoms with Crippen LogP contribution in [-0.4, -0.2) is 22.8 Å². The minimum absolute atomic E-state index is 0.0495. The van der Waals surface area contributed by atoms with Crippen molar-refractivity contribution < 1.29 is 17.9 Å². The number of halogens is 3. The molecule has 0 radical (unpaired) electrons. The molecule has 0 saturated carbocycles. The molecule has 5 nitrogen and oxygen atoms in total. The molecule has 1 aromatic rings. The predicted octanol–water partition coefficient (Wildman–Crippen LogP) is 2.44. The van der Waals surface area contributed by atoms with E-state index in [2.05, 4.69) is 15.4 Å². The Bertz CT molecular complexity index is 398. The predicted molar refractivity (Wildman–Crippen MR) is 64.6 cm³/mol. The molecule has 3 N–H and O–H groups in total. The lowest BCUT2D eigenvalue weighted by molar-refractivity contribution is -0.136. The van der Waals surface area contributed by atoms with Gasteiger partial charge in [0.05, 0.1) is 6.61 Å². The third-order valence-corrected chi connectivity index (χ3v) is 2.22. The average molecular weight is 278 g/mol. The van der Waals surface area contributed by atoms with Crippen molar-refractivity contribution in [1.82, 2.24) is 9.97 Å². The summed E-state index contributed by atoms with van der Waals surface area (Å²) in [5, 5.41) is 0. The lowest BCUT2D eigenvalue weighted by Crippen LogP contribution is -2.13. The summed E-state index contributed by atoms with van der Waals surface area (Å²) in [6.45, 7) is 1.92. The van der Waals surface area contributed by atoms with Crippen LogP contribution in [0.3, 0.4) is 0 Å². The lowest BCUT2D eigenvalue weighted by atomic mass is 10.3. The fraction of sp³-hybridized carbons (Fsp3) is 0.636. The van der Waals surface area contributed by atoms with Crippen LogP contribution in [0.5, 0.6) is 5.88 Å². The van der Waals surface area contributed by atoms with Crippen LogP contribution < -0.4 is 16.0 Å². The molecule has 0 atom stereocenters. The SMILES string of the molecule is CCCc1nc(NN)cc(OCCCC(F)(F)F)n1. The molecule has 0 aliphatic carbocycles. The number of nitrogens with two attached hydrogens (primary N) is 1. The Kier molecular flexibility index (Phi) is 5.81. The van der Waals surface area contributed by atoms with Crippen molar-refractivity contribution in [2.24, 2.45) is 5.84 Å². The van der Waals surface area contributed by atoms with Gasteiger partial charge in [-0.15, -0.1) is 0 Å². The van der Waals surface area contributed by atoms with E-state index < -0.39 is 12.6 Å². The maximum atomic E-state index is 12.0. The molecule has 0 fully saturated rings. The van der Waals surface area contributed by atoms with Crippen molar-refractivity contribution in [2.45, 2.75) is 38.8 Å². The maximum absolute atomic E-state index is 12.0. The van der Waals surface area contributed by atoms with Gasteiger partial charge in [-0.25, -0.2) is 10.8 Å². The summed E-state index contributed by atoms with van der Waals surface area (Å²) in [5.74, 6) is 6.41. The minimum atomic E-state index is -4.16. The van der Waals surface area contributed by atoms with Gasteiger partial charge in [0.15, 0.2) is 0 Å². The zero-order chi connectivity index (χ0) is 14.3. The van der Waals surface area contributed by atoms with Gasteiger partial charge < -0.3 is 10.2 Å². The highest BCUT2D eigenvalue weighted by atomic mass is 19.4. The van der Waals surface area contributed by atoms with Crippen molar-refractivity contribution in [3.63, 3.8) is 0 Å². The number of anilines is 1. The highest BCUT2D eigenvalue weighted by Crippen LogP contribution is 2.21. The fourth-order valence-corrected chi connectivity index (χ4v) is 1.41. The van der Waals surface area contributed by atoms with Gasteiger partial charge in [-0.3, -0.25) is 0 Å². The molecule has 1 heterocycles. The van der Waals surface area contributed by atoms with Crippen LogP contribution in [0.2, 0.25) is 0 Å². The summed E-state index contributed by atoms with van der Waals surface area (Å²) in [4.78, 5) is 8.20. The fourth-order valence-electron chi connectivity index (χ4n) is 1.41. The van der Waals surface area contributed by atoms with Gasteiger partial charge in [0.1, 0.15) is 11.6 Å². The molecule has 8 heteroatoms. The molecule has 108 valence electrons. The van der Waals surface area contributed by atoms with Gasteiger partial charge in [0.25, 0.3) is 0 Å². The molecule has 0 aliphatic rings. The summed E-state index contributed by atoms with van der Waals surface area (Å²) in [7, 11) is 0. The third-order valence-electron chi connectivity index (χ3n) is 2.22. The second-order valence-corrected chi connectivity index (χ2v) is 3.97. The first-order valence-corrected chi connectivity index (χ1v) is 5.98. The number of hydrazine groups is 1. The topological polar surface area (TPSA) is 73.1 Å². The molecule has 0 amide bonds. The number of hydrogen-bond donors (Lipinski definition) is 2. The molecule has 0 unspecified atom stereocenters. The number of alkyl halides is 3.